The van der Waals surface area contributed by atoms with E-state index < -0.39 is 11.7 Å². The number of hydrogen-bond donors (Lipinski definition) is 3. The molecule has 4 N–H and O–H groups in total. The van der Waals surface area contributed by atoms with Crippen molar-refractivity contribution in [1.82, 2.24) is 5.32 Å². The summed E-state index contributed by atoms with van der Waals surface area (Å²) in [6.45, 7) is 2.16. The summed E-state index contributed by atoms with van der Waals surface area (Å²) >= 11 is 0. The maximum absolute atomic E-state index is 13.9. The van der Waals surface area contributed by atoms with Crippen molar-refractivity contribution in [1.29, 1.82) is 0 Å². The lowest BCUT2D eigenvalue weighted by Gasteiger charge is -2.19. The summed E-state index contributed by atoms with van der Waals surface area (Å²) in [7, 11) is 0. The first-order chi connectivity index (χ1) is 12.5. The molecule has 1 saturated carbocycles. The van der Waals surface area contributed by atoms with Gasteiger partial charge >= 0.3 is 0 Å². The third-order valence-electron chi connectivity index (χ3n) is 4.64. The maximum atomic E-state index is 13.9. The third-order valence-corrected chi connectivity index (χ3v) is 4.64. The number of aryl methyl sites for hydroxylation is 1. The van der Waals surface area contributed by atoms with Crippen LogP contribution in [0.25, 0.3) is 0 Å². The smallest absolute Gasteiger partial charge is 0.258 e. The highest BCUT2D eigenvalue weighted by Gasteiger charge is 2.32. The number of carbonyl (C=O) groups is 2. The van der Waals surface area contributed by atoms with Crippen LogP contribution >= 0.6 is 12.4 Å². The van der Waals surface area contributed by atoms with Gasteiger partial charge in [-0.3, -0.25) is 9.59 Å². The minimum Gasteiger partial charge on any atom is -0.348 e. The van der Waals surface area contributed by atoms with Gasteiger partial charge in [0, 0.05) is 12.6 Å². The van der Waals surface area contributed by atoms with E-state index in [1.807, 2.05) is 0 Å². The standard InChI is InChI=1S/C20H22FN3O2.ClH/c1-12-5-4-7-15(20(26)23-17(11-22)13-9-10-13)18(12)24-19(25)14-6-2-3-8-16(14)21;/h2-8,13,17H,9-11,22H2,1H3,(H,23,26)(H,24,25);1H. The average Bonchev–Trinajstić information content (AvgIpc) is 3.46. The number of carbonyl (C=O) groups excluding carboxylic acids is 2. The van der Waals surface area contributed by atoms with Crippen molar-refractivity contribution in [2.24, 2.45) is 11.7 Å². The normalized spacial score (nSPS) is 14.0. The molecule has 0 aromatic heterocycles. The fourth-order valence-electron chi connectivity index (χ4n) is 2.96. The van der Waals surface area contributed by atoms with Gasteiger partial charge in [0.25, 0.3) is 11.8 Å². The third kappa shape index (κ3) is 4.84. The van der Waals surface area contributed by atoms with Gasteiger partial charge in [0.15, 0.2) is 0 Å². The van der Waals surface area contributed by atoms with Crippen molar-refractivity contribution < 1.29 is 14.0 Å². The number of nitrogens with one attached hydrogen (secondary N) is 2. The molecule has 3 rings (SSSR count). The first-order valence-electron chi connectivity index (χ1n) is 8.67. The lowest BCUT2D eigenvalue weighted by molar-refractivity contribution is 0.0934. The molecular formula is C20H23ClFN3O2. The molecule has 1 unspecified atom stereocenters. The monoisotopic (exact) mass is 391 g/mol. The lowest BCUT2D eigenvalue weighted by atomic mass is 10.1. The predicted molar refractivity (Wildman–Crippen MR) is 106 cm³/mol. The minimum atomic E-state index is -0.610. The van der Waals surface area contributed by atoms with Crippen LogP contribution in [0.3, 0.4) is 0 Å². The highest BCUT2D eigenvalue weighted by atomic mass is 35.5. The van der Waals surface area contributed by atoms with Gasteiger partial charge in [-0.25, -0.2) is 4.39 Å². The quantitative estimate of drug-likeness (QED) is 0.706. The topological polar surface area (TPSA) is 84.2 Å². The highest BCUT2D eigenvalue weighted by molar-refractivity contribution is 6.09. The van der Waals surface area contributed by atoms with Crippen molar-refractivity contribution >= 4 is 29.9 Å². The Labute approximate surface area is 163 Å². The number of para-hydroxylation sites is 1. The Morgan fingerprint density at radius 3 is 2.41 bits per heavy atom. The molecule has 0 spiro atoms. The Morgan fingerprint density at radius 1 is 1.11 bits per heavy atom. The Morgan fingerprint density at radius 2 is 1.78 bits per heavy atom. The second-order valence-corrected chi connectivity index (χ2v) is 6.58. The molecule has 27 heavy (non-hydrogen) atoms. The van der Waals surface area contributed by atoms with Crippen LogP contribution in [-0.2, 0) is 0 Å². The number of hydrogen-bond acceptors (Lipinski definition) is 3. The molecule has 2 aromatic rings. The van der Waals surface area contributed by atoms with Gasteiger partial charge in [0.1, 0.15) is 5.82 Å². The molecule has 5 nitrogen and oxygen atoms in total. The van der Waals surface area contributed by atoms with E-state index in [4.69, 9.17) is 5.73 Å². The van der Waals surface area contributed by atoms with E-state index in [2.05, 4.69) is 10.6 Å². The number of nitrogens with two attached hydrogens (primary N) is 1. The summed E-state index contributed by atoms with van der Waals surface area (Å²) in [5.41, 5.74) is 7.13. The SMILES string of the molecule is Cc1cccc(C(=O)NC(CN)C2CC2)c1NC(=O)c1ccccc1F.Cl. The van der Waals surface area contributed by atoms with E-state index in [1.54, 1.807) is 31.2 Å². The molecule has 2 amide bonds. The molecule has 1 atom stereocenters. The fourth-order valence-corrected chi connectivity index (χ4v) is 2.96. The molecule has 144 valence electrons. The van der Waals surface area contributed by atoms with Crippen LogP contribution in [0.1, 0.15) is 39.1 Å². The van der Waals surface area contributed by atoms with Crippen LogP contribution in [0.15, 0.2) is 42.5 Å². The van der Waals surface area contributed by atoms with Gasteiger partial charge in [-0.2, -0.15) is 0 Å². The summed E-state index contributed by atoms with van der Waals surface area (Å²) in [5.74, 6) is -1.07. The van der Waals surface area contributed by atoms with E-state index in [9.17, 15) is 14.0 Å². The van der Waals surface area contributed by atoms with E-state index in [-0.39, 0.29) is 29.9 Å². The second kappa shape index (κ2) is 8.97. The van der Waals surface area contributed by atoms with Crippen LogP contribution < -0.4 is 16.4 Å². The zero-order chi connectivity index (χ0) is 18.7. The van der Waals surface area contributed by atoms with Gasteiger partial charge in [-0.1, -0.05) is 24.3 Å². The Hall–Kier alpha value is -2.44. The first kappa shape index (κ1) is 20.9. The van der Waals surface area contributed by atoms with Gasteiger partial charge < -0.3 is 16.4 Å². The Balaban J connectivity index is 0.00000261. The Kier molecular flexibility index (Phi) is 6.93. The molecule has 1 aliphatic carbocycles. The van der Waals surface area contributed by atoms with E-state index >= 15 is 0 Å². The number of rotatable bonds is 6. The molecule has 2 aromatic carbocycles. The van der Waals surface area contributed by atoms with Crippen LogP contribution in [0.5, 0.6) is 0 Å². The molecule has 1 aliphatic rings. The summed E-state index contributed by atoms with van der Waals surface area (Å²) < 4.78 is 13.9. The summed E-state index contributed by atoms with van der Waals surface area (Å²) in [6.07, 6.45) is 2.12. The fraction of sp³-hybridized carbons (Fsp3) is 0.300. The largest absolute Gasteiger partial charge is 0.348 e. The molecule has 0 heterocycles. The maximum Gasteiger partial charge on any atom is 0.258 e. The average molecular weight is 392 g/mol. The lowest BCUT2D eigenvalue weighted by Crippen LogP contribution is -2.42. The predicted octanol–water partition coefficient (Wildman–Crippen LogP) is 3.28. The molecule has 7 heteroatoms. The van der Waals surface area contributed by atoms with E-state index in [0.29, 0.717) is 23.7 Å². The molecule has 0 radical (unpaired) electrons. The number of halogens is 2. The van der Waals surface area contributed by atoms with Gasteiger partial charge in [0.2, 0.25) is 0 Å². The zero-order valence-electron chi connectivity index (χ0n) is 15.0. The first-order valence-corrected chi connectivity index (χ1v) is 8.67. The molecular weight excluding hydrogens is 369 g/mol. The van der Waals surface area contributed by atoms with Crippen LogP contribution in [0, 0.1) is 18.7 Å². The van der Waals surface area contributed by atoms with Crippen molar-refractivity contribution in [2.45, 2.75) is 25.8 Å². The van der Waals surface area contributed by atoms with Crippen LogP contribution in [-0.4, -0.2) is 24.4 Å². The number of benzene rings is 2. The molecule has 0 bridgehead atoms. The molecule has 1 fully saturated rings. The van der Waals surface area contributed by atoms with Crippen LogP contribution in [0.4, 0.5) is 10.1 Å². The molecule has 0 saturated heterocycles. The number of anilines is 1. The van der Waals surface area contributed by atoms with E-state index in [1.165, 1.54) is 18.2 Å². The van der Waals surface area contributed by atoms with E-state index in [0.717, 1.165) is 18.4 Å². The van der Waals surface area contributed by atoms with Gasteiger partial charge in [-0.15, -0.1) is 12.4 Å². The second-order valence-electron chi connectivity index (χ2n) is 6.58. The summed E-state index contributed by atoms with van der Waals surface area (Å²) in [5, 5.41) is 5.63. The van der Waals surface area contributed by atoms with Crippen molar-refractivity contribution in [3.8, 4) is 0 Å². The minimum absolute atomic E-state index is 0. The highest BCUT2D eigenvalue weighted by Crippen LogP contribution is 2.32. The van der Waals surface area contributed by atoms with Gasteiger partial charge in [-0.05, 0) is 49.4 Å². The van der Waals surface area contributed by atoms with Crippen molar-refractivity contribution in [2.75, 3.05) is 11.9 Å². The molecule has 0 aliphatic heterocycles. The van der Waals surface area contributed by atoms with Gasteiger partial charge in [0.05, 0.1) is 16.8 Å². The van der Waals surface area contributed by atoms with Crippen LogP contribution in [0.2, 0.25) is 0 Å². The summed E-state index contributed by atoms with van der Waals surface area (Å²) in [6, 6.07) is 10.8. The zero-order valence-corrected chi connectivity index (χ0v) is 15.8. The van der Waals surface area contributed by atoms with Crippen molar-refractivity contribution in [3.63, 3.8) is 0 Å². The Bertz CT molecular complexity index is 840. The van der Waals surface area contributed by atoms with Crippen molar-refractivity contribution in [3.05, 3.63) is 65.0 Å². The number of amides is 2. The summed E-state index contributed by atoms with van der Waals surface area (Å²) in [4.78, 5) is 25.2.